The molecule has 0 saturated carbocycles. The van der Waals surface area contributed by atoms with Gasteiger partial charge in [0.15, 0.2) is 0 Å². The van der Waals surface area contributed by atoms with E-state index in [4.69, 9.17) is 14.7 Å². The first-order valence-corrected chi connectivity index (χ1v) is 10.2. The highest BCUT2D eigenvalue weighted by Gasteiger charge is 2.27. The minimum absolute atomic E-state index is 0.00572. The smallest absolute Gasteiger partial charge is 0.338 e. The summed E-state index contributed by atoms with van der Waals surface area (Å²) >= 11 is 0. The third kappa shape index (κ3) is 4.39. The third-order valence-electron chi connectivity index (χ3n) is 4.46. The number of sulfonamides is 1. The van der Waals surface area contributed by atoms with E-state index in [0.717, 1.165) is 0 Å². The predicted molar refractivity (Wildman–Crippen MR) is 101 cm³/mol. The van der Waals surface area contributed by atoms with Crippen molar-refractivity contribution in [3.63, 3.8) is 0 Å². The molecule has 8 heteroatoms. The molecule has 2 aromatic rings. The van der Waals surface area contributed by atoms with Crippen molar-refractivity contribution in [2.24, 2.45) is 0 Å². The van der Waals surface area contributed by atoms with Gasteiger partial charge in [0.05, 0.1) is 35.3 Å². The summed E-state index contributed by atoms with van der Waals surface area (Å²) in [4.78, 5) is 12.6. The van der Waals surface area contributed by atoms with E-state index in [-0.39, 0.29) is 30.2 Å². The molecule has 2 aromatic carbocycles. The molecule has 1 saturated heterocycles. The maximum Gasteiger partial charge on any atom is 0.338 e. The summed E-state index contributed by atoms with van der Waals surface area (Å²) in [5, 5.41) is 8.94. The summed E-state index contributed by atoms with van der Waals surface area (Å²) in [6.07, 6.45) is 0. The molecule has 0 aliphatic carbocycles. The normalized spacial score (nSPS) is 15.0. The Hall–Kier alpha value is -2.73. The second-order valence-electron chi connectivity index (χ2n) is 6.38. The van der Waals surface area contributed by atoms with Gasteiger partial charge in [-0.25, -0.2) is 13.2 Å². The Bertz CT molecular complexity index is 1020. The molecule has 1 fully saturated rings. The highest BCUT2D eigenvalue weighted by atomic mass is 32.2. The Labute approximate surface area is 164 Å². The number of morpholine rings is 1. The fourth-order valence-electron chi connectivity index (χ4n) is 2.87. The van der Waals surface area contributed by atoms with E-state index in [0.29, 0.717) is 29.9 Å². The summed E-state index contributed by atoms with van der Waals surface area (Å²) < 4.78 is 37.5. The summed E-state index contributed by atoms with van der Waals surface area (Å²) in [5.74, 6) is -0.612. The van der Waals surface area contributed by atoms with Crippen molar-refractivity contribution in [3.05, 3.63) is 64.7 Å². The molecular weight excluding hydrogens is 380 g/mol. The molecule has 0 unspecified atom stereocenters. The van der Waals surface area contributed by atoms with E-state index in [2.05, 4.69) is 0 Å². The number of hydrogen-bond acceptors (Lipinski definition) is 6. The van der Waals surface area contributed by atoms with Gasteiger partial charge < -0.3 is 9.47 Å². The van der Waals surface area contributed by atoms with Crippen molar-refractivity contribution in [1.29, 1.82) is 5.26 Å². The van der Waals surface area contributed by atoms with Gasteiger partial charge in [-0.3, -0.25) is 0 Å². The first-order chi connectivity index (χ1) is 13.4. The maximum absolute atomic E-state index is 12.8. The van der Waals surface area contributed by atoms with Crippen LogP contribution in [0.4, 0.5) is 0 Å². The monoisotopic (exact) mass is 400 g/mol. The number of carbonyl (C=O) groups excluding carboxylic acids is 1. The molecule has 28 heavy (non-hydrogen) atoms. The van der Waals surface area contributed by atoms with Crippen molar-refractivity contribution in [2.45, 2.75) is 18.4 Å². The van der Waals surface area contributed by atoms with Gasteiger partial charge in [-0.2, -0.15) is 9.57 Å². The van der Waals surface area contributed by atoms with Crippen LogP contribution in [0.2, 0.25) is 0 Å². The lowest BCUT2D eigenvalue weighted by molar-refractivity contribution is 0.0471. The first kappa shape index (κ1) is 20.0. The molecule has 0 atom stereocenters. The largest absolute Gasteiger partial charge is 0.457 e. The second-order valence-corrected chi connectivity index (χ2v) is 8.32. The zero-order valence-corrected chi connectivity index (χ0v) is 16.2. The van der Waals surface area contributed by atoms with Crippen LogP contribution < -0.4 is 0 Å². The number of benzene rings is 2. The SMILES string of the molecule is Cc1ccc(S(=O)(=O)N2CCOCC2)cc1C(=O)OCc1cccc(C#N)c1. The Kier molecular flexibility index (Phi) is 6.09. The predicted octanol–water partition coefficient (Wildman–Crippen LogP) is 2.24. The minimum atomic E-state index is -3.70. The van der Waals surface area contributed by atoms with Crippen molar-refractivity contribution < 1.29 is 22.7 Å². The molecule has 7 nitrogen and oxygen atoms in total. The van der Waals surface area contributed by atoms with Crippen LogP contribution in [-0.4, -0.2) is 45.0 Å². The van der Waals surface area contributed by atoms with Gasteiger partial charge in [-0.1, -0.05) is 18.2 Å². The summed E-state index contributed by atoms with van der Waals surface area (Å²) in [7, 11) is -3.70. The fraction of sp³-hybridized carbons (Fsp3) is 0.300. The number of esters is 1. The number of nitrogens with zero attached hydrogens (tertiary/aromatic N) is 2. The van der Waals surface area contributed by atoms with E-state index >= 15 is 0 Å². The highest BCUT2D eigenvalue weighted by molar-refractivity contribution is 7.89. The van der Waals surface area contributed by atoms with Gasteiger partial charge in [0.2, 0.25) is 10.0 Å². The van der Waals surface area contributed by atoms with Crippen LogP contribution in [0.5, 0.6) is 0 Å². The zero-order valence-electron chi connectivity index (χ0n) is 15.4. The summed E-state index contributed by atoms with van der Waals surface area (Å²) in [6, 6.07) is 13.2. The van der Waals surface area contributed by atoms with Crippen LogP contribution in [0.3, 0.4) is 0 Å². The quantitative estimate of drug-likeness (QED) is 0.714. The molecule has 1 heterocycles. The highest BCUT2D eigenvalue weighted by Crippen LogP contribution is 2.21. The van der Waals surface area contributed by atoms with Crippen LogP contribution in [-0.2, 0) is 26.1 Å². The van der Waals surface area contributed by atoms with E-state index in [9.17, 15) is 13.2 Å². The van der Waals surface area contributed by atoms with Crippen molar-refractivity contribution in [1.82, 2.24) is 4.31 Å². The lowest BCUT2D eigenvalue weighted by Gasteiger charge is -2.26. The molecular formula is C20H20N2O5S. The molecule has 0 amide bonds. The Morgan fingerprint density at radius 3 is 2.68 bits per heavy atom. The zero-order chi connectivity index (χ0) is 20.1. The van der Waals surface area contributed by atoms with Gasteiger partial charge in [0, 0.05) is 13.1 Å². The average molecular weight is 400 g/mol. The number of aryl methyl sites for hydroxylation is 1. The van der Waals surface area contributed by atoms with Crippen LogP contribution >= 0.6 is 0 Å². The Morgan fingerprint density at radius 1 is 1.21 bits per heavy atom. The second kappa shape index (κ2) is 8.52. The summed E-state index contributed by atoms with van der Waals surface area (Å²) in [5.41, 5.74) is 1.98. The summed E-state index contributed by atoms with van der Waals surface area (Å²) in [6.45, 7) is 2.98. The van der Waals surface area contributed by atoms with E-state index < -0.39 is 16.0 Å². The van der Waals surface area contributed by atoms with Gasteiger partial charge in [0.25, 0.3) is 0 Å². The van der Waals surface area contributed by atoms with Crippen molar-refractivity contribution in [2.75, 3.05) is 26.3 Å². The molecule has 0 spiro atoms. The number of ether oxygens (including phenoxy) is 2. The van der Waals surface area contributed by atoms with E-state index in [1.807, 2.05) is 6.07 Å². The van der Waals surface area contributed by atoms with Crippen LogP contribution in [0.25, 0.3) is 0 Å². The molecule has 0 aromatic heterocycles. The lowest BCUT2D eigenvalue weighted by atomic mass is 10.1. The molecule has 0 radical (unpaired) electrons. The standard InChI is InChI=1S/C20H20N2O5S/c1-15-5-6-18(28(24,25)22-7-9-26-10-8-22)12-19(15)20(23)27-14-17-4-2-3-16(11-17)13-21/h2-6,11-12H,7-10,14H2,1H3. The number of nitriles is 1. The van der Waals surface area contributed by atoms with Crippen molar-refractivity contribution in [3.8, 4) is 6.07 Å². The Balaban J connectivity index is 1.78. The van der Waals surface area contributed by atoms with Gasteiger partial charge >= 0.3 is 5.97 Å². The van der Waals surface area contributed by atoms with Crippen LogP contribution in [0.1, 0.15) is 27.0 Å². The van der Waals surface area contributed by atoms with Gasteiger partial charge in [-0.15, -0.1) is 0 Å². The molecule has 3 rings (SSSR count). The molecule has 0 bridgehead atoms. The first-order valence-electron chi connectivity index (χ1n) is 8.76. The molecule has 0 N–H and O–H groups in total. The fourth-order valence-corrected chi connectivity index (χ4v) is 4.31. The van der Waals surface area contributed by atoms with Crippen LogP contribution in [0.15, 0.2) is 47.4 Å². The third-order valence-corrected chi connectivity index (χ3v) is 6.36. The molecule has 1 aliphatic heterocycles. The van der Waals surface area contributed by atoms with Gasteiger partial charge in [0.1, 0.15) is 6.61 Å². The number of rotatable bonds is 5. The topological polar surface area (TPSA) is 96.7 Å². The lowest BCUT2D eigenvalue weighted by Crippen LogP contribution is -2.40. The van der Waals surface area contributed by atoms with Crippen molar-refractivity contribution >= 4 is 16.0 Å². The minimum Gasteiger partial charge on any atom is -0.457 e. The molecule has 146 valence electrons. The van der Waals surface area contributed by atoms with Crippen LogP contribution in [0, 0.1) is 18.3 Å². The average Bonchev–Trinajstić information content (AvgIpc) is 2.73. The van der Waals surface area contributed by atoms with Gasteiger partial charge in [-0.05, 0) is 42.3 Å². The van der Waals surface area contributed by atoms with E-state index in [1.54, 1.807) is 37.3 Å². The Morgan fingerprint density at radius 2 is 1.96 bits per heavy atom. The number of carbonyl (C=O) groups is 1. The maximum atomic E-state index is 12.8. The number of hydrogen-bond donors (Lipinski definition) is 0. The van der Waals surface area contributed by atoms with E-state index in [1.165, 1.54) is 16.4 Å². The molecule has 1 aliphatic rings.